The minimum absolute atomic E-state index is 0. The molecule has 8 aromatic carbocycles. The van der Waals surface area contributed by atoms with Crippen LogP contribution in [0.15, 0.2) is 146 Å². The number of hydrogen-bond acceptors (Lipinski definition) is 0. The van der Waals surface area contributed by atoms with Crippen molar-refractivity contribution in [2.75, 3.05) is 0 Å². The molecule has 0 atom stereocenters. The Hall–Kier alpha value is -2.33. The number of halogens is 2. The average Bonchev–Trinajstić information content (AvgIpc) is 4.03. The monoisotopic (exact) mass is 990 g/mol. The number of benzene rings is 4. The van der Waals surface area contributed by atoms with Crippen molar-refractivity contribution >= 4 is 43.1 Å². The Morgan fingerprint density at radius 3 is 0.633 bits per heavy atom. The van der Waals surface area contributed by atoms with Crippen molar-refractivity contribution in [1.29, 1.82) is 0 Å². The Morgan fingerprint density at radius 1 is 0.300 bits per heavy atom. The van der Waals surface area contributed by atoms with Crippen LogP contribution in [-0.4, -0.2) is 0 Å². The van der Waals surface area contributed by atoms with E-state index in [1.54, 1.807) is 0 Å². The second-order valence-corrected chi connectivity index (χ2v) is 18.3. The van der Waals surface area contributed by atoms with Gasteiger partial charge in [0, 0.05) is 0 Å². The van der Waals surface area contributed by atoms with Gasteiger partial charge < -0.3 is 24.8 Å². The molecule has 8 aromatic rings. The Balaban J connectivity index is 0.000000391. The summed E-state index contributed by atoms with van der Waals surface area (Å²) >= 11 is 0. The van der Waals surface area contributed by atoms with E-state index in [1.165, 1.54) is 91.0 Å². The molecular formula is C56H68Cl2Zr2-2. The minimum Gasteiger partial charge on any atom is -1.00 e. The van der Waals surface area contributed by atoms with Crippen LogP contribution in [0.3, 0.4) is 0 Å². The molecule has 0 radical (unpaired) electrons. The van der Waals surface area contributed by atoms with E-state index >= 15 is 0 Å². The molecule has 0 aliphatic heterocycles. The first-order valence-corrected chi connectivity index (χ1v) is 21.2. The van der Waals surface area contributed by atoms with Gasteiger partial charge in [0.2, 0.25) is 0 Å². The van der Waals surface area contributed by atoms with Crippen LogP contribution in [0.2, 0.25) is 0 Å². The van der Waals surface area contributed by atoms with Crippen LogP contribution in [0, 0.1) is 0 Å². The maximum absolute atomic E-state index is 2.31. The summed E-state index contributed by atoms with van der Waals surface area (Å²) in [6, 6.07) is 52.5. The number of hydrogen-bond donors (Lipinski definition) is 0. The maximum Gasteiger partial charge on any atom is 2.00 e. The molecule has 0 amide bonds. The zero-order valence-electron chi connectivity index (χ0n) is 38.4. The van der Waals surface area contributed by atoms with Crippen molar-refractivity contribution in [2.24, 2.45) is 0 Å². The normalized spacial score (nSPS) is 11.4. The summed E-state index contributed by atoms with van der Waals surface area (Å²) in [6.45, 7) is 27.5. The molecule has 0 saturated carbocycles. The summed E-state index contributed by atoms with van der Waals surface area (Å²) in [5.41, 5.74) is 7.11. The molecule has 0 heterocycles. The zero-order valence-corrected chi connectivity index (χ0v) is 44.9. The number of fused-ring (bicyclic) bond motifs is 4. The molecule has 0 spiro atoms. The molecule has 4 heteroatoms. The van der Waals surface area contributed by atoms with E-state index in [0.717, 1.165) is 0 Å². The van der Waals surface area contributed by atoms with Crippen molar-refractivity contribution in [1.82, 2.24) is 0 Å². The molecule has 0 N–H and O–H groups in total. The van der Waals surface area contributed by atoms with Crippen LogP contribution in [-0.2, 0) is 74.1 Å². The standard InChI is InChI=1S/4C14H17.2ClH.2Zr/c4*1-4-14(2,3)13-10-9-11-7-5-6-8-12(11)13;;;;/h4*5-10H,4H2,1-3H3;2*1H;;/q4*-1;;;2*+2/p-2. The van der Waals surface area contributed by atoms with Crippen molar-refractivity contribution in [2.45, 2.75) is 130 Å². The van der Waals surface area contributed by atoms with E-state index in [4.69, 9.17) is 0 Å². The summed E-state index contributed by atoms with van der Waals surface area (Å²) in [4.78, 5) is 0. The van der Waals surface area contributed by atoms with E-state index in [9.17, 15) is 0 Å². The van der Waals surface area contributed by atoms with Crippen molar-refractivity contribution in [3.05, 3.63) is 168 Å². The molecule has 0 bridgehead atoms. The predicted molar refractivity (Wildman–Crippen MR) is 251 cm³/mol. The Morgan fingerprint density at radius 2 is 0.467 bits per heavy atom. The van der Waals surface area contributed by atoms with E-state index < -0.39 is 0 Å². The Kier molecular flexibility index (Phi) is 22.2. The van der Waals surface area contributed by atoms with E-state index in [-0.39, 0.29) is 77.2 Å². The van der Waals surface area contributed by atoms with Crippen molar-refractivity contribution in [3.8, 4) is 0 Å². The van der Waals surface area contributed by atoms with Crippen LogP contribution in [0.1, 0.15) is 131 Å². The number of rotatable bonds is 8. The van der Waals surface area contributed by atoms with Gasteiger partial charge in [0.05, 0.1) is 0 Å². The third-order valence-corrected chi connectivity index (χ3v) is 13.2. The molecule has 0 unspecified atom stereocenters. The van der Waals surface area contributed by atoms with Crippen LogP contribution in [0.25, 0.3) is 43.1 Å². The molecule has 0 fully saturated rings. The van der Waals surface area contributed by atoms with Crippen LogP contribution < -0.4 is 24.8 Å². The van der Waals surface area contributed by atoms with Crippen molar-refractivity contribution in [3.63, 3.8) is 0 Å². The fourth-order valence-corrected chi connectivity index (χ4v) is 7.72. The third kappa shape index (κ3) is 12.9. The van der Waals surface area contributed by atoms with Gasteiger partial charge in [0.1, 0.15) is 0 Å². The van der Waals surface area contributed by atoms with Crippen LogP contribution >= 0.6 is 0 Å². The quantitative estimate of drug-likeness (QED) is 0.133. The molecule has 8 rings (SSSR count). The molecule has 0 saturated heterocycles. The molecule has 316 valence electrons. The maximum atomic E-state index is 2.31. The summed E-state index contributed by atoms with van der Waals surface area (Å²) in [7, 11) is 0. The molecular weight excluding hydrogens is 926 g/mol. The van der Waals surface area contributed by atoms with Gasteiger partial charge in [0.15, 0.2) is 0 Å². The summed E-state index contributed by atoms with van der Waals surface area (Å²) < 4.78 is 0. The molecule has 60 heavy (non-hydrogen) atoms. The van der Waals surface area contributed by atoms with E-state index in [2.05, 4.69) is 229 Å². The Bertz CT molecular complexity index is 2100. The molecule has 0 aliphatic carbocycles. The smallest absolute Gasteiger partial charge is 1.00 e. The zero-order chi connectivity index (χ0) is 40.7. The second-order valence-electron chi connectivity index (χ2n) is 18.3. The topological polar surface area (TPSA) is 0 Å². The summed E-state index contributed by atoms with van der Waals surface area (Å²) in [5.74, 6) is 0. The van der Waals surface area contributed by atoms with Gasteiger partial charge in [-0.25, -0.2) is 0 Å². The molecule has 0 aromatic heterocycles. The van der Waals surface area contributed by atoms with Gasteiger partial charge in [-0.2, -0.15) is 24.3 Å². The van der Waals surface area contributed by atoms with Gasteiger partial charge in [-0.15, -0.1) is 162 Å². The van der Waals surface area contributed by atoms with Crippen LogP contribution in [0.4, 0.5) is 0 Å². The van der Waals surface area contributed by atoms with Gasteiger partial charge in [-0.05, 0) is 21.7 Å². The molecule has 0 aliphatic rings. The first-order chi connectivity index (χ1) is 26.6. The van der Waals surface area contributed by atoms with E-state index in [0.29, 0.717) is 21.7 Å². The van der Waals surface area contributed by atoms with Gasteiger partial charge in [-0.1, -0.05) is 133 Å². The molecule has 0 nitrogen and oxygen atoms in total. The second kappa shape index (κ2) is 23.9. The SMILES string of the molecule is CCC(C)(C)[c-]1ccc2ccccc21.CCC(C)(C)[c-]1ccc2ccccc21.CCC(C)(C)[c-]1ccc2ccccc21.CCC(C)(C)[c-]1ccc2ccccc21.[Cl-].[Cl-].[Zr+2].[Zr+2]. The predicted octanol–water partition coefficient (Wildman–Crippen LogP) is 11.0. The third-order valence-electron chi connectivity index (χ3n) is 13.2. The largest absolute Gasteiger partial charge is 2.00 e. The minimum atomic E-state index is 0. The Labute approximate surface area is 414 Å². The fourth-order valence-electron chi connectivity index (χ4n) is 7.72. The van der Waals surface area contributed by atoms with Gasteiger partial charge in [0.25, 0.3) is 0 Å². The summed E-state index contributed by atoms with van der Waals surface area (Å²) in [6.07, 6.45) is 4.73. The van der Waals surface area contributed by atoms with Gasteiger partial charge in [-0.3, -0.25) is 0 Å². The van der Waals surface area contributed by atoms with E-state index in [1.807, 2.05) is 0 Å². The fraction of sp³-hybridized carbons (Fsp3) is 0.357. The first kappa shape index (κ1) is 55.7. The van der Waals surface area contributed by atoms with Crippen LogP contribution in [0.5, 0.6) is 0 Å². The first-order valence-electron chi connectivity index (χ1n) is 21.2. The van der Waals surface area contributed by atoms with Crippen molar-refractivity contribution < 1.29 is 77.2 Å². The summed E-state index contributed by atoms with van der Waals surface area (Å²) in [5, 5.41) is 11.1. The van der Waals surface area contributed by atoms with Gasteiger partial charge >= 0.3 is 52.4 Å². The average molecular weight is 995 g/mol.